The van der Waals surface area contributed by atoms with E-state index in [9.17, 15) is 0 Å². The van der Waals surface area contributed by atoms with Crippen molar-refractivity contribution < 1.29 is 4.74 Å². The van der Waals surface area contributed by atoms with Crippen LogP contribution >= 0.6 is 0 Å². The van der Waals surface area contributed by atoms with Crippen LogP contribution in [0.25, 0.3) is 32.7 Å². The number of fused-ring (bicyclic) bond motifs is 2. The molecule has 0 amide bonds. The molecule has 0 saturated heterocycles. The van der Waals surface area contributed by atoms with E-state index < -0.39 is 0 Å². The van der Waals surface area contributed by atoms with Crippen molar-refractivity contribution in [2.45, 2.75) is 6.92 Å². The van der Waals surface area contributed by atoms with Gasteiger partial charge in [0.25, 0.3) is 0 Å². The Labute approximate surface area is 164 Å². The molecule has 0 aliphatic heterocycles. The van der Waals surface area contributed by atoms with E-state index in [1.807, 2.05) is 48.8 Å². The summed E-state index contributed by atoms with van der Waals surface area (Å²) in [6.07, 6.45) is 3.78. The van der Waals surface area contributed by atoms with Gasteiger partial charge >= 0.3 is 0 Å². The van der Waals surface area contributed by atoms with Crippen molar-refractivity contribution in [3.63, 3.8) is 0 Å². The molecule has 0 N–H and O–H groups in total. The van der Waals surface area contributed by atoms with E-state index in [2.05, 4.69) is 60.4 Å². The van der Waals surface area contributed by atoms with E-state index in [-0.39, 0.29) is 0 Å². The zero-order valence-electron chi connectivity index (χ0n) is 15.6. The first-order valence-corrected chi connectivity index (χ1v) is 9.40. The van der Waals surface area contributed by atoms with Crippen LogP contribution in [0.2, 0.25) is 0 Å². The van der Waals surface area contributed by atoms with E-state index >= 15 is 0 Å². The molecule has 0 unspecified atom stereocenters. The molecule has 0 aliphatic rings. The zero-order chi connectivity index (χ0) is 18.9. The van der Waals surface area contributed by atoms with Gasteiger partial charge in [-0.05, 0) is 47.2 Å². The lowest BCUT2D eigenvalue weighted by molar-refractivity contribution is 0.494. The summed E-state index contributed by atoms with van der Waals surface area (Å²) < 4.78 is 6.40. The summed E-state index contributed by atoms with van der Waals surface area (Å²) in [5.74, 6) is 1.70. The molecule has 0 aliphatic carbocycles. The second kappa shape index (κ2) is 6.82. The number of aryl methyl sites for hydroxylation is 1. The molecule has 4 aromatic carbocycles. The Morgan fingerprint density at radius 3 is 2.14 bits per heavy atom. The average Bonchev–Trinajstić information content (AvgIpc) is 2.75. The van der Waals surface area contributed by atoms with Gasteiger partial charge in [-0.15, -0.1) is 0 Å². The fourth-order valence-corrected chi connectivity index (χ4v) is 3.84. The average molecular weight is 361 g/mol. The van der Waals surface area contributed by atoms with Crippen molar-refractivity contribution in [2.24, 2.45) is 0 Å². The van der Waals surface area contributed by atoms with Crippen LogP contribution < -0.4 is 4.74 Å². The van der Waals surface area contributed by atoms with Crippen LogP contribution in [0.5, 0.6) is 11.5 Å². The Kier molecular flexibility index (Phi) is 4.02. The van der Waals surface area contributed by atoms with Gasteiger partial charge < -0.3 is 4.74 Å². The number of para-hydroxylation sites is 1. The Bertz CT molecular complexity index is 1240. The van der Waals surface area contributed by atoms with Crippen LogP contribution in [0.15, 0.2) is 97.3 Å². The number of ether oxygens (including phenoxy) is 1. The molecule has 2 heteroatoms. The zero-order valence-corrected chi connectivity index (χ0v) is 15.6. The van der Waals surface area contributed by atoms with Crippen molar-refractivity contribution in [1.82, 2.24) is 4.98 Å². The van der Waals surface area contributed by atoms with Gasteiger partial charge in [-0.3, -0.25) is 4.98 Å². The van der Waals surface area contributed by atoms with E-state index in [1.165, 1.54) is 22.1 Å². The van der Waals surface area contributed by atoms with Gasteiger partial charge in [0.1, 0.15) is 11.5 Å². The highest BCUT2D eigenvalue weighted by Gasteiger charge is 2.17. The Morgan fingerprint density at radius 1 is 0.643 bits per heavy atom. The minimum atomic E-state index is 0.828. The lowest BCUT2D eigenvalue weighted by Crippen LogP contribution is -1.93. The molecule has 134 valence electrons. The molecule has 5 rings (SSSR count). The Hall–Kier alpha value is -3.65. The van der Waals surface area contributed by atoms with Crippen molar-refractivity contribution >= 4 is 21.5 Å². The molecular formula is C26H19NO. The van der Waals surface area contributed by atoms with Crippen LogP contribution in [-0.4, -0.2) is 4.98 Å². The highest BCUT2D eigenvalue weighted by atomic mass is 16.5. The van der Waals surface area contributed by atoms with Gasteiger partial charge in [0.15, 0.2) is 0 Å². The second-order valence-corrected chi connectivity index (χ2v) is 6.90. The topological polar surface area (TPSA) is 22.1 Å². The smallest absolute Gasteiger partial charge is 0.143 e. The molecule has 0 saturated carbocycles. The summed E-state index contributed by atoms with van der Waals surface area (Å²) in [7, 11) is 0. The van der Waals surface area contributed by atoms with E-state index in [1.54, 1.807) is 0 Å². The van der Waals surface area contributed by atoms with Crippen LogP contribution in [-0.2, 0) is 0 Å². The van der Waals surface area contributed by atoms with Crippen LogP contribution in [0, 0.1) is 6.92 Å². The summed E-state index contributed by atoms with van der Waals surface area (Å²) in [4.78, 5) is 4.43. The summed E-state index contributed by atoms with van der Waals surface area (Å²) in [5, 5.41) is 4.43. The van der Waals surface area contributed by atoms with Crippen LogP contribution in [0.1, 0.15) is 5.56 Å². The highest BCUT2D eigenvalue weighted by molar-refractivity contribution is 6.17. The maximum Gasteiger partial charge on any atom is 0.143 e. The first-order chi connectivity index (χ1) is 13.8. The maximum atomic E-state index is 6.40. The molecule has 0 bridgehead atoms. The number of hydrogen-bond donors (Lipinski definition) is 0. The molecule has 0 radical (unpaired) electrons. The number of nitrogens with zero attached hydrogens (tertiary/aromatic N) is 1. The van der Waals surface area contributed by atoms with Gasteiger partial charge in [0.05, 0.1) is 0 Å². The standard InChI is InChI=1S/C26H19NO/c1-18-9-5-6-12-20(18)25-21-13-7-8-14-22(21)26(23-15-16-27-17-24(23)25)28-19-10-3-2-4-11-19/h2-17H,1H3. The molecule has 28 heavy (non-hydrogen) atoms. The molecule has 0 atom stereocenters. The molecule has 1 aromatic heterocycles. The van der Waals surface area contributed by atoms with E-state index in [0.717, 1.165) is 27.7 Å². The number of benzene rings is 4. The fraction of sp³-hybridized carbons (Fsp3) is 0.0385. The van der Waals surface area contributed by atoms with E-state index in [0.29, 0.717) is 0 Å². The summed E-state index contributed by atoms with van der Waals surface area (Å²) in [6, 6.07) is 28.9. The number of rotatable bonds is 3. The van der Waals surface area contributed by atoms with E-state index in [4.69, 9.17) is 4.74 Å². The summed E-state index contributed by atoms with van der Waals surface area (Å²) in [5.41, 5.74) is 3.68. The third-order valence-corrected chi connectivity index (χ3v) is 5.15. The predicted octanol–water partition coefficient (Wildman–Crippen LogP) is 7.16. The second-order valence-electron chi connectivity index (χ2n) is 6.90. The first-order valence-electron chi connectivity index (χ1n) is 9.40. The van der Waals surface area contributed by atoms with Gasteiger partial charge in [-0.25, -0.2) is 0 Å². The van der Waals surface area contributed by atoms with Crippen molar-refractivity contribution in [3.8, 4) is 22.6 Å². The van der Waals surface area contributed by atoms with Gasteiger partial charge in [-0.2, -0.15) is 0 Å². The van der Waals surface area contributed by atoms with Gasteiger partial charge in [0, 0.05) is 28.6 Å². The van der Waals surface area contributed by atoms with Gasteiger partial charge in [-0.1, -0.05) is 66.7 Å². The normalized spacial score (nSPS) is 11.0. The predicted molar refractivity (Wildman–Crippen MR) is 116 cm³/mol. The summed E-state index contributed by atoms with van der Waals surface area (Å²) >= 11 is 0. The molecule has 0 spiro atoms. The monoisotopic (exact) mass is 361 g/mol. The Balaban J connectivity index is 1.90. The molecule has 2 nitrogen and oxygen atoms in total. The lowest BCUT2D eigenvalue weighted by atomic mass is 9.90. The maximum absolute atomic E-state index is 6.40. The van der Waals surface area contributed by atoms with Crippen molar-refractivity contribution in [3.05, 3.63) is 103 Å². The van der Waals surface area contributed by atoms with Gasteiger partial charge in [0.2, 0.25) is 0 Å². The molecule has 0 fully saturated rings. The largest absolute Gasteiger partial charge is 0.456 e. The lowest BCUT2D eigenvalue weighted by Gasteiger charge is -2.18. The quantitative estimate of drug-likeness (QED) is 0.318. The number of aromatic nitrogens is 1. The first kappa shape index (κ1) is 16.5. The third-order valence-electron chi connectivity index (χ3n) is 5.15. The summed E-state index contributed by atoms with van der Waals surface area (Å²) in [6.45, 7) is 2.15. The van der Waals surface area contributed by atoms with Crippen LogP contribution in [0.3, 0.4) is 0 Å². The highest BCUT2D eigenvalue weighted by Crippen LogP contribution is 2.44. The fourth-order valence-electron chi connectivity index (χ4n) is 3.84. The van der Waals surface area contributed by atoms with Crippen molar-refractivity contribution in [1.29, 1.82) is 0 Å². The third kappa shape index (κ3) is 2.71. The van der Waals surface area contributed by atoms with Crippen LogP contribution in [0.4, 0.5) is 0 Å². The number of pyridine rings is 1. The van der Waals surface area contributed by atoms with Crippen molar-refractivity contribution in [2.75, 3.05) is 0 Å². The SMILES string of the molecule is Cc1ccccc1-c1c2ccccc2c(Oc2ccccc2)c2ccncc12. The molecule has 1 heterocycles. The Morgan fingerprint density at radius 2 is 1.32 bits per heavy atom. The minimum absolute atomic E-state index is 0.828. The number of hydrogen-bond acceptors (Lipinski definition) is 2. The molecule has 5 aromatic rings. The molecular weight excluding hydrogens is 342 g/mol. The minimum Gasteiger partial charge on any atom is -0.456 e.